The highest BCUT2D eigenvalue weighted by Gasteiger charge is 2.19. The number of rotatable bonds is 16. The highest BCUT2D eigenvalue weighted by Crippen LogP contribution is 2.10. The Labute approximate surface area is 148 Å². The van der Waals surface area contributed by atoms with Crippen molar-refractivity contribution in [1.29, 1.82) is 0 Å². The number of hydrogen-bond acceptors (Lipinski definition) is 3. The third kappa shape index (κ3) is 14.5. The molecule has 1 atom stereocenters. The summed E-state index contributed by atoms with van der Waals surface area (Å²) >= 11 is 0. The molecule has 0 radical (unpaired) electrons. The second-order valence-corrected chi connectivity index (χ2v) is 7.08. The smallest absolute Gasteiger partial charge is 0.322 e. The largest absolute Gasteiger partial charge is 0.480 e. The Morgan fingerprint density at radius 3 is 1.96 bits per heavy atom. The van der Waals surface area contributed by atoms with Gasteiger partial charge in [-0.25, -0.2) is 0 Å². The van der Waals surface area contributed by atoms with Crippen LogP contribution in [0.25, 0.3) is 0 Å². The molecule has 0 aromatic carbocycles. The number of carbonyl (C=O) groups is 2. The summed E-state index contributed by atoms with van der Waals surface area (Å²) in [4.78, 5) is 22.6. The summed E-state index contributed by atoms with van der Waals surface area (Å²) in [5.74, 6) is -0.825. The molecule has 0 saturated heterocycles. The van der Waals surface area contributed by atoms with Gasteiger partial charge in [0.25, 0.3) is 0 Å². The zero-order chi connectivity index (χ0) is 18.2. The van der Waals surface area contributed by atoms with Crippen LogP contribution in [0.2, 0.25) is 0 Å². The van der Waals surface area contributed by atoms with E-state index in [2.05, 4.69) is 31.4 Å². The van der Waals surface area contributed by atoms with E-state index in [-0.39, 0.29) is 18.5 Å². The average molecular weight is 343 g/mol. The molecule has 142 valence electrons. The first-order chi connectivity index (χ1) is 11.5. The van der Waals surface area contributed by atoms with Gasteiger partial charge in [0.1, 0.15) is 6.54 Å². The number of carbonyl (C=O) groups excluding carboxylic acids is 1. The lowest BCUT2D eigenvalue weighted by Crippen LogP contribution is -2.46. The maximum atomic E-state index is 12.0. The van der Waals surface area contributed by atoms with Crippen LogP contribution in [-0.4, -0.2) is 36.1 Å². The van der Waals surface area contributed by atoms with Crippen LogP contribution in [0, 0.1) is 5.92 Å². The Hall–Kier alpha value is -1.10. The van der Waals surface area contributed by atoms with E-state index in [0.717, 1.165) is 19.4 Å². The van der Waals surface area contributed by atoms with Gasteiger partial charge in [0, 0.05) is 0 Å². The molecule has 0 fully saturated rings. The SMILES string of the molecule is CCCCCCCCCCCN[C@@H](CC(C)C)C(=O)NCC(=O)O. The van der Waals surface area contributed by atoms with Gasteiger partial charge in [0.2, 0.25) is 5.91 Å². The van der Waals surface area contributed by atoms with Crippen molar-refractivity contribution in [2.45, 2.75) is 91.0 Å². The predicted molar refractivity (Wildman–Crippen MR) is 99.1 cm³/mol. The molecule has 5 heteroatoms. The number of nitrogens with one attached hydrogen (secondary N) is 2. The molecule has 0 unspecified atom stereocenters. The molecule has 0 rings (SSSR count). The molecule has 0 heterocycles. The fourth-order valence-corrected chi connectivity index (χ4v) is 2.75. The number of unbranched alkanes of at least 4 members (excludes halogenated alkanes) is 8. The number of aliphatic carboxylic acids is 1. The normalized spacial score (nSPS) is 12.3. The number of carboxylic acid groups (broad SMARTS) is 1. The molecule has 0 aromatic heterocycles. The summed E-state index contributed by atoms with van der Waals surface area (Å²) in [6.07, 6.45) is 12.2. The van der Waals surface area contributed by atoms with Gasteiger partial charge in [-0.1, -0.05) is 72.1 Å². The number of carboxylic acids is 1. The molecule has 1 amide bonds. The Morgan fingerprint density at radius 1 is 0.917 bits per heavy atom. The zero-order valence-electron chi connectivity index (χ0n) is 15.9. The molecule has 0 bridgehead atoms. The van der Waals surface area contributed by atoms with Gasteiger partial charge >= 0.3 is 5.97 Å². The van der Waals surface area contributed by atoms with Gasteiger partial charge in [0.05, 0.1) is 6.04 Å². The third-order valence-corrected chi connectivity index (χ3v) is 4.11. The van der Waals surface area contributed by atoms with Crippen LogP contribution >= 0.6 is 0 Å². The van der Waals surface area contributed by atoms with E-state index < -0.39 is 5.97 Å². The first-order valence-electron chi connectivity index (χ1n) is 9.70. The van der Waals surface area contributed by atoms with Gasteiger partial charge in [-0.3, -0.25) is 9.59 Å². The van der Waals surface area contributed by atoms with Crippen molar-refractivity contribution >= 4 is 11.9 Å². The minimum Gasteiger partial charge on any atom is -0.480 e. The van der Waals surface area contributed by atoms with Crippen molar-refractivity contribution in [3.8, 4) is 0 Å². The summed E-state index contributed by atoms with van der Waals surface area (Å²) in [5, 5.41) is 14.4. The van der Waals surface area contributed by atoms with E-state index in [1.165, 1.54) is 51.4 Å². The average Bonchev–Trinajstić information content (AvgIpc) is 2.52. The van der Waals surface area contributed by atoms with E-state index in [0.29, 0.717) is 5.92 Å². The minimum atomic E-state index is -1.01. The van der Waals surface area contributed by atoms with Crippen molar-refractivity contribution in [1.82, 2.24) is 10.6 Å². The van der Waals surface area contributed by atoms with Gasteiger partial charge in [-0.15, -0.1) is 0 Å². The molecule has 24 heavy (non-hydrogen) atoms. The van der Waals surface area contributed by atoms with Crippen LogP contribution in [0.3, 0.4) is 0 Å². The van der Waals surface area contributed by atoms with Crippen LogP contribution in [0.5, 0.6) is 0 Å². The lowest BCUT2D eigenvalue weighted by molar-refractivity contribution is -0.138. The van der Waals surface area contributed by atoms with Gasteiger partial charge < -0.3 is 15.7 Å². The maximum Gasteiger partial charge on any atom is 0.322 e. The Morgan fingerprint density at radius 2 is 1.46 bits per heavy atom. The van der Waals surface area contributed by atoms with Crippen molar-refractivity contribution < 1.29 is 14.7 Å². The summed E-state index contributed by atoms with van der Waals surface area (Å²) < 4.78 is 0. The van der Waals surface area contributed by atoms with Gasteiger partial charge in [-0.05, 0) is 25.3 Å². The quantitative estimate of drug-likeness (QED) is 0.374. The molecule has 0 aliphatic rings. The summed E-state index contributed by atoms with van der Waals surface area (Å²) in [7, 11) is 0. The Balaban J connectivity index is 3.78. The van der Waals surface area contributed by atoms with Crippen LogP contribution < -0.4 is 10.6 Å². The second kappa shape index (κ2) is 15.4. The highest BCUT2D eigenvalue weighted by molar-refractivity contribution is 5.85. The molecule has 0 spiro atoms. The highest BCUT2D eigenvalue weighted by atomic mass is 16.4. The van der Waals surface area contributed by atoms with Crippen molar-refractivity contribution in [2.24, 2.45) is 5.92 Å². The van der Waals surface area contributed by atoms with Gasteiger partial charge in [0.15, 0.2) is 0 Å². The molecule has 3 N–H and O–H groups in total. The van der Waals surface area contributed by atoms with Crippen LogP contribution in [0.15, 0.2) is 0 Å². The van der Waals surface area contributed by atoms with Crippen molar-refractivity contribution in [3.63, 3.8) is 0 Å². The molecule has 0 saturated carbocycles. The fourth-order valence-electron chi connectivity index (χ4n) is 2.75. The Bertz CT molecular complexity index is 333. The van der Waals surface area contributed by atoms with Crippen molar-refractivity contribution in [3.05, 3.63) is 0 Å². The van der Waals surface area contributed by atoms with E-state index in [4.69, 9.17) is 5.11 Å². The lowest BCUT2D eigenvalue weighted by Gasteiger charge is -2.19. The first kappa shape index (κ1) is 22.9. The molecular formula is C19H38N2O3. The number of amides is 1. The fraction of sp³-hybridized carbons (Fsp3) is 0.895. The van der Waals surface area contributed by atoms with Crippen molar-refractivity contribution in [2.75, 3.05) is 13.1 Å². The van der Waals surface area contributed by atoms with E-state index in [1.54, 1.807) is 0 Å². The standard InChI is InChI=1S/C19H38N2O3/c1-4-5-6-7-8-9-10-11-12-13-20-17(14-16(2)3)19(24)21-15-18(22)23/h16-17,20H,4-15H2,1-3H3,(H,21,24)(H,22,23)/t17-/m0/s1. The van der Waals surface area contributed by atoms with E-state index in [9.17, 15) is 9.59 Å². The summed E-state index contributed by atoms with van der Waals surface area (Å²) in [5.41, 5.74) is 0. The lowest BCUT2D eigenvalue weighted by atomic mass is 10.0. The summed E-state index contributed by atoms with van der Waals surface area (Å²) in [6, 6.07) is -0.293. The number of hydrogen-bond donors (Lipinski definition) is 3. The minimum absolute atomic E-state index is 0.206. The third-order valence-electron chi connectivity index (χ3n) is 4.11. The molecule has 0 aliphatic heterocycles. The molecular weight excluding hydrogens is 304 g/mol. The first-order valence-corrected chi connectivity index (χ1v) is 9.70. The second-order valence-electron chi connectivity index (χ2n) is 7.08. The Kier molecular flexibility index (Phi) is 14.7. The molecule has 5 nitrogen and oxygen atoms in total. The van der Waals surface area contributed by atoms with Crippen LogP contribution in [-0.2, 0) is 9.59 Å². The van der Waals surface area contributed by atoms with E-state index >= 15 is 0 Å². The van der Waals surface area contributed by atoms with Crippen LogP contribution in [0.4, 0.5) is 0 Å². The van der Waals surface area contributed by atoms with Gasteiger partial charge in [-0.2, -0.15) is 0 Å². The summed E-state index contributed by atoms with van der Waals surface area (Å²) in [6.45, 7) is 6.87. The van der Waals surface area contributed by atoms with E-state index in [1.807, 2.05) is 0 Å². The van der Waals surface area contributed by atoms with Crippen LogP contribution in [0.1, 0.15) is 85.0 Å². The zero-order valence-corrected chi connectivity index (χ0v) is 15.9. The maximum absolute atomic E-state index is 12.0. The molecule has 0 aromatic rings. The topological polar surface area (TPSA) is 78.4 Å². The monoisotopic (exact) mass is 342 g/mol. The predicted octanol–water partition coefficient (Wildman–Crippen LogP) is 3.72. The molecule has 0 aliphatic carbocycles.